The largest absolute Gasteiger partial charge is 0.351 e. The zero-order chi connectivity index (χ0) is 13.7. The molecule has 5 heteroatoms. The summed E-state index contributed by atoms with van der Waals surface area (Å²) in [6, 6.07) is 0.114. The molecule has 18 heavy (non-hydrogen) atoms. The van der Waals surface area contributed by atoms with Crippen LogP contribution in [0.2, 0.25) is 0 Å². The van der Waals surface area contributed by atoms with Crippen LogP contribution in [-0.2, 0) is 6.42 Å². The first kappa shape index (κ1) is 15.1. The Morgan fingerprint density at radius 3 is 2.67 bits per heavy atom. The summed E-state index contributed by atoms with van der Waals surface area (Å²) in [6.07, 6.45) is 1.64. The van der Waals surface area contributed by atoms with Gasteiger partial charge in [-0.1, -0.05) is 13.8 Å². The van der Waals surface area contributed by atoms with Crippen LogP contribution in [0.15, 0.2) is 0 Å². The summed E-state index contributed by atoms with van der Waals surface area (Å²) in [5, 5.41) is 3.86. The molecule has 0 spiro atoms. The van der Waals surface area contributed by atoms with E-state index < -0.39 is 0 Å². The van der Waals surface area contributed by atoms with Crippen LogP contribution in [0, 0.1) is 12.8 Å². The van der Waals surface area contributed by atoms with Gasteiger partial charge in [-0.05, 0) is 32.6 Å². The van der Waals surface area contributed by atoms with Crippen LogP contribution in [0.25, 0.3) is 0 Å². The van der Waals surface area contributed by atoms with E-state index in [9.17, 15) is 4.79 Å². The third-order valence-electron chi connectivity index (χ3n) is 2.50. The van der Waals surface area contributed by atoms with Gasteiger partial charge in [0.25, 0.3) is 5.91 Å². The van der Waals surface area contributed by atoms with Crippen molar-refractivity contribution in [1.29, 1.82) is 0 Å². The van der Waals surface area contributed by atoms with Crippen LogP contribution in [0.1, 0.15) is 47.6 Å². The number of rotatable bonds is 6. The van der Waals surface area contributed by atoms with E-state index in [1.165, 1.54) is 11.3 Å². The van der Waals surface area contributed by atoms with Gasteiger partial charge in [0.1, 0.15) is 4.88 Å². The maximum absolute atomic E-state index is 12.1. The Morgan fingerprint density at radius 1 is 1.44 bits per heavy atom. The van der Waals surface area contributed by atoms with Crippen molar-refractivity contribution < 1.29 is 4.79 Å². The molecule has 102 valence electrons. The van der Waals surface area contributed by atoms with Gasteiger partial charge >= 0.3 is 0 Å². The van der Waals surface area contributed by atoms with Crippen molar-refractivity contribution in [3.05, 3.63) is 15.6 Å². The summed E-state index contributed by atoms with van der Waals surface area (Å²) in [5.74, 6) is 0.485. The van der Waals surface area contributed by atoms with Crippen LogP contribution in [0.4, 0.5) is 0 Å². The molecule has 0 radical (unpaired) electrons. The Hall–Kier alpha value is -0.940. The van der Waals surface area contributed by atoms with E-state index >= 15 is 0 Å². The van der Waals surface area contributed by atoms with Gasteiger partial charge in [-0.25, -0.2) is 4.98 Å². The van der Waals surface area contributed by atoms with Gasteiger partial charge < -0.3 is 11.1 Å². The van der Waals surface area contributed by atoms with Crippen LogP contribution >= 0.6 is 11.3 Å². The highest BCUT2D eigenvalue weighted by Crippen LogP contribution is 2.20. The van der Waals surface area contributed by atoms with Gasteiger partial charge in [-0.3, -0.25) is 4.79 Å². The minimum absolute atomic E-state index is 0.0168. The van der Waals surface area contributed by atoms with E-state index in [1.807, 2.05) is 13.8 Å². The van der Waals surface area contributed by atoms with Crippen molar-refractivity contribution >= 4 is 17.2 Å². The number of amides is 1. The molecule has 1 aromatic rings. The second kappa shape index (κ2) is 6.85. The fourth-order valence-corrected chi connectivity index (χ4v) is 2.53. The van der Waals surface area contributed by atoms with E-state index in [1.54, 1.807) is 0 Å². The van der Waals surface area contributed by atoms with E-state index in [-0.39, 0.29) is 11.9 Å². The minimum atomic E-state index is -0.0168. The highest BCUT2D eigenvalue weighted by atomic mass is 32.1. The zero-order valence-electron chi connectivity index (χ0n) is 11.6. The fourth-order valence-electron chi connectivity index (χ4n) is 1.67. The van der Waals surface area contributed by atoms with Crippen molar-refractivity contribution in [2.75, 3.05) is 6.54 Å². The quantitative estimate of drug-likeness (QED) is 0.831. The Balaban J connectivity index is 2.66. The summed E-state index contributed by atoms with van der Waals surface area (Å²) in [7, 11) is 0. The van der Waals surface area contributed by atoms with E-state index in [4.69, 9.17) is 5.73 Å². The number of nitrogens with zero attached hydrogens (tertiary/aromatic N) is 1. The summed E-state index contributed by atoms with van der Waals surface area (Å²) in [5.41, 5.74) is 6.58. The second-order valence-electron chi connectivity index (χ2n) is 5.13. The van der Waals surface area contributed by atoms with Gasteiger partial charge in [0.05, 0.1) is 10.7 Å². The van der Waals surface area contributed by atoms with Crippen molar-refractivity contribution in [2.45, 2.75) is 46.6 Å². The first-order valence-corrected chi connectivity index (χ1v) is 7.22. The first-order valence-electron chi connectivity index (χ1n) is 6.40. The average molecular weight is 269 g/mol. The maximum Gasteiger partial charge on any atom is 0.263 e. The summed E-state index contributed by atoms with van der Waals surface area (Å²) < 4.78 is 0. The molecule has 0 aromatic carbocycles. The highest BCUT2D eigenvalue weighted by Gasteiger charge is 2.17. The molecule has 1 heterocycles. The van der Waals surface area contributed by atoms with Crippen LogP contribution in [0.3, 0.4) is 0 Å². The van der Waals surface area contributed by atoms with Gasteiger partial charge in [0, 0.05) is 12.6 Å². The summed E-state index contributed by atoms with van der Waals surface area (Å²) in [6.45, 7) is 8.76. The molecule has 0 fully saturated rings. The Morgan fingerprint density at radius 2 is 2.11 bits per heavy atom. The maximum atomic E-state index is 12.1. The minimum Gasteiger partial charge on any atom is -0.351 e. The standard InChI is InChI=1S/C13H23N3OS/c1-8(2)7-11-12(18-10(4)16-11)13(17)15-6-5-9(3)14/h8-9H,5-7,14H2,1-4H3,(H,15,17). The molecule has 1 amide bonds. The normalized spacial score (nSPS) is 12.8. The molecule has 1 atom stereocenters. The van der Waals surface area contributed by atoms with Crippen molar-refractivity contribution in [3.63, 3.8) is 0 Å². The number of nitrogens with two attached hydrogens (primary N) is 1. The van der Waals surface area contributed by atoms with E-state index in [0.717, 1.165) is 28.4 Å². The SMILES string of the molecule is Cc1nc(CC(C)C)c(C(=O)NCCC(C)N)s1. The Kier molecular flexibility index (Phi) is 5.75. The van der Waals surface area contributed by atoms with Crippen molar-refractivity contribution in [1.82, 2.24) is 10.3 Å². The van der Waals surface area contributed by atoms with E-state index in [2.05, 4.69) is 24.1 Å². The molecule has 0 bridgehead atoms. The lowest BCUT2D eigenvalue weighted by Crippen LogP contribution is -2.29. The smallest absolute Gasteiger partial charge is 0.263 e. The first-order chi connectivity index (χ1) is 8.40. The number of thiazole rings is 1. The molecule has 1 unspecified atom stereocenters. The molecular formula is C13H23N3OS. The fraction of sp³-hybridized carbons (Fsp3) is 0.692. The molecule has 0 aliphatic carbocycles. The Bertz CT molecular complexity index is 399. The Labute approximate surface area is 113 Å². The lowest BCUT2D eigenvalue weighted by atomic mass is 10.1. The lowest BCUT2D eigenvalue weighted by Gasteiger charge is -2.08. The molecule has 1 rings (SSSR count). The zero-order valence-corrected chi connectivity index (χ0v) is 12.4. The van der Waals surface area contributed by atoms with Crippen LogP contribution in [-0.4, -0.2) is 23.5 Å². The van der Waals surface area contributed by atoms with Crippen LogP contribution < -0.4 is 11.1 Å². The van der Waals surface area contributed by atoms with Crippen LogP contribution in [0.5, 0.6) is 0 Å². The average Bonchev–Trinajstić information content (AvgIpc) is 2.57. The molecule has 4 nitrogen and oxygen atoms in total. The molecule has 0 saturated carbocycles. The second-order valence-corrected chi connectivity index (χ2v) is 6.33. The topological polar surface area (TPSA) is 68.0 Å². The molecular weight excluding hydrogens is 246 g/mol. The van der Waals surface area contributed by atoms with E-state index in [0.29, 0.717) is 12.5 Å². The summed E-state index contributed by atoms with van der Waals surface area (Å²) in [4.78, 5) is 17.3. The van der Waals surface area contributed by atoms with Crippen molar-refractivity contribution in [2.24, 2.45) is 11.7 Å². The molecule has 0 aliphatic rings. The van der Waals surface area contributed by atoms with Crippen molar-refractivity contribution in [3.8, 4) is 0 Å². The predicted molar refractivity (Wildman–Crippen MR) is 76.0 cm³/mol. The van der Waals surface area contributed by atoms with Gasteiger partial charge in [0.2, 0.25) is 0 Å². The summed E-state index contributed by atoms with van der Waals surface area (Å²) >= 11 is 1.47. The number of nitrogens with one attached hydrogen (secondary N) is 1. The number of hydrogen-bond donors (Lipinski definition) is 2. The third-order valence-corrected chi connectivity index (χ3v) is 3.51. The number of aromatic nitrogens is 1. The predicted octanol–water partition coefficient (Wildman–Crippen LogP) is 2.12. The highest BCUT2D eigenvalue weighted by molar-refractivity contribution is 7.13. The van der Waals surface area contributed by atoms with Gasteiger partial charge in [0.15, 0.2) is 0 Å². The number of carbonyl (C=O) groups is 1. The monoisotopic (exact) mass is 269 g/mol. The molecule has 3 N–H and O–H groups in total. The third kappa shape index (κ3) is 4.74. The lowest BCUT2D eigenvalue weighted by molar-refractivity contribution is 0.0955. The molecule has 0 saturated heterocycles. The number of hydrogen-bond acceptors (Lipinski definition) is 4. The van der Waals surface area contributed by atoms with Gasteiger partial charge in [-0.2, -0.15) is 0 Å². The number of carbonyl (C=O) groups excluding carboxylic acids is 1. The molecule has 1 aromatic heterocycles. The number of aryl methyl sites for hydroxylation is 1. The van der Waals surface area contributed by atoms with Gasteiger partial charge in [-0.15, -0.1) is 11.3 Å². The molecule has 0 aliphatic heterocycles.